The molecule has 7 heteroatoms. The molecule has 3 N–H and O–H groups in total. The lowest BCUT2D eigenvalue weighted by Crippen LogP contribution is -2.35. The van der Waals surface area contributed by atoms with Crippen molar-refractivity contribution in [3.63, 3.8) is 0 Å². The van der Waals surface area contributed by atoms with E-state index in [0.717, 1.165) is 23.5 Å². The standard InChI is InChI=1S/C13H23N3O2S2/c1-3-16(11-4-5-11)7-6-15-20(17,18)13-8-10(2)12(9-14)19-13/h8,11,15H,3-7,9,14H2,1-2H3. The summed E-state index contributed by atoms with van der Waals surface area (Å²) in [6, 6.07) is 2.37. The number of nitrogens with two attached hydrogens (primary N) is 1. The fraction of sp³-hybridized carbons (Fsp3) is 0.692. The average Bonchev–Trinajstić information content (AvgIpc) is 3.17. The van der Waals surface area contributed by atoms with Crippen LogP contribution < -0.4 is 10.5 Å². The number of hydrogen-bond acceptors (Lipinski definition) is 5. The van der Waals surface area contributed by atoms with Crippen molar-refractivity contribution in [3.05, 3.63) is 16.5 Å². The molecule has 0 saturated heterocycles. The summed E-state index contributed by atoms with van der Waals surface area (Å²) in [5, 5.41) is 0. The van der Waals surface area contributed by atoms with Crippen LogP contribution >= 0.6 is 11.3 Å². The lowest BCUT2D eigenvalue weighted by molar-refractivity contribution is 0.282. The van der Waals surface area contributed by atoms with Gasteiger partial charge in [0.25, 0.3) is 0 Å². The zero-order valence-electron chi connectivity index (χ0n) is 12.1. The molecule has 0 bridgehead atoms. The number of thiophene rings is 1. The van der Waals surface area contributed by atoms with Crippen molar-refractivity contribution in [2.75, 3.05) is 19.6 Å². The maximum absolute atomic E-state index is 12.2. The second-order valence-electron chi connectivity index (χ2n) is 5.13. The van der Waals surface area contributed by atoms with Crippen LogP contribution in [0.1, 0.15) is 30.2 Å². The van der Waals surface area contributed by atoms with Crippen LogP contribution in [-0.2, 0) is 16.6 Å². The molecule has 2 rings (SSSR count). The van der Waals surface area contributed by atoms with Gasteiger partial charge in [0.15, 0.2) is 0 Å². The van der Waals surface area contributed by atoms with Gasteiger partial charge in [-0.25, -0.2) is 13.1 Å². The van der Waals surface area contributed by atoms with E-state index >= 15 is 0 Å². The third-order valence-corrected chi connectivity index (χ3v) is 6.80. The van der Waals surface area contributed by atoms with Gasteiger partial charge in [-0.05, 0) is 37.9 Å². The lowest BCUT2D eigenvalue weighted by atomic mass is 10.3. The summed E-state index contributed by atoms with van der Waals surface area (Å²) < 4.78 is 27.5. The van der Waals surface area contributed by atoms with Crippen molar-refractivity contribution in [2.24, 2.45) is 5.73 Å². The third kappa shape index (κ3) is 3.79. The van der Waals surface area contributed by atoms with E-state index in [9.17, 15) is 8.42 Å². The van der Waals surface area contributed by atoms with E-state index in [1.807, 2.05) is 6.92 Å². The summed E-state index contributed by atoms with van der Waals surface area (Å²) >= 11 is 1.26. The highest BCUT2D eigenvalue weighted by Gasteiger charge is 2.27. The Morgan fingerprint density at radius 3 is 2.70 bits per heavy atom. The molecule has 20 heavy (non-hydrogen) atoms. The molecule has 1 heterocycles. The van der Waals surface area contributed by atoms with Crippen LogP contribution in [-0.4, -0.2) is 39.0 Å². The monoisotopic (exact) mass is 317 g/mol. The van der Waals surface area contributed by atoms with Crippen LogP contribution in [0.5, 0.6) is 0 Å². The fourth-order valence-corrected chi connectivity index (χ4v) is 4.79. The van der Waals surface area contributed by atoms with Gasteiger partial charge in [-0.15, -0.1) is 11.3 Å². The Balaban J connectivity index is 1.92. The minimum Gasteiger partial charge on any atom is -0.326 e. The number of likely N-dealkylation sites (N-methyl/N-ethyl adjacent to an activating group) is 1. The Bertz CT molecular complexity index is 550. The average molecular weight is 317 g/mol. The van der Waals surface area contributed by atoms with Crippen LogP contribution in [0.2, 0.25) is 0 Å². The van der Waals surface area contributed by atoms with E-state index in [0.29, 0.717) is 23.3 Å². The second kappa shape index (κ2) is 6.53. The first-order chi connectivity index (χ1) is 9.47. The molecule has 0 spiro atoms. The maximum atomic E-state index is 12.2. The molecular formula is C13H23N3O2S2. The van der Waals surface area contributed by atoms with E-state index < -0.39 is 10.0 Å². The van der Waals surface area contributed by atoms with E-state index in [1.54, 1.807) is 6.07 Å². The van der Waals surface area contributed by atoms with Crippen molar-refractivity contribution in [1.29, 1.82) is 0 Å². The van der Waals surface area contributed by atoms with Crippen LogP contribution in [0.3, 0.4) is 0 Å². The van der Waals surface area contributed by atoms with Gasteiger partial charge < -0.3 is 5.73 Å². The highest BCUT2D eigenvalue weighted by atomic mass is 32.2. The van der Waals surface area contributed by atoms with E-state index in [4.69, 9.17) is 5.73 Å². The van der Waals surface area contributed by atoms with E-state index in [1.165, 1.54) is 24.2 Å². The molecular weight excluding hydrogens is 294 g/mol. The predicted molar refractivity (Wildman–Crippen MR) is 82.4 cm³/mol. The maximum Gasteiger partial charge on any atom is 0.250 e. The number of hydrogen-bond donors (Lipinski definition) is 2. The first-order valence-electron chi connectivity index (χ1n) is 7.01. The number of sulfonamides is 1. The SMILES string of the molecule is CCN(CCNS(=O)(=O)c1cc(C)c(CN)s1)C1CC1. The second-order valence-corrected chi connectivity index (χ2v) is 8.26. The van der Waals surface area contributed by atoms with Crippen molar-refractivity contribution >= 4 is 21.4 Å². The molecule has 1 fully saturated rings. The molecule has 0 atom stereocenters. The third-order valence-electron chi connectivity index (χ3n) is 3.61. The van der Waals surface area contributed by atoms with Crippen LogP contribution in [0.4, 0.5) is 0 Å². The van der Waals surface area contributed by atoms with Gasteiger partial charge in [0.05, 0.1) is 0 Å². The first kappa shape index (κ1) is 15.9. The van der Waals surface area contributed by atoms with Crippen molar-refractivity contribution in [3.8, 4) is 0 Å². The number of nitrogens with zero attached hydrogens (tertiary/aromatic N) is 1. The molecule has 0 aliphatic heterocycles. The topological polar surface area (TPSA) is 75.4 Å². The summed E-state index contributed by atoms with van der Waals surface area (Å²) in [4.78, 5) is 3.26. The molecule has 0 aromatic carbocycles. The van der Waals surface area contributed by atoms with Gasteiger partial charge in [0.1, 0.15) is 4.21 Å². The highest BCUT2D eigenvalue weighted by molar-refractivity contribution is 7.91. The molecule has 1 aliphatic carbocycles. The molecule has 0 unspecified atom stereocenters. The number of aryl methyl sites for hydroxylation is 1. The van der Waals surface area contributed by atoms with Gasteiger partial charge >= 0.3 is 0 Å². The van der Waals surface area contributed by atoms with Crippen LogP contribution in [0.15, 0.2) is 10.3 Å². The minimum absolute atomic E-state index is 0.366. The molecule has 1 aromatic heterocycles. The van der Waals surface area contributed by atoms with Gasteiger partial charge in [-0.1, -0.05) is 6.92 Å². The Morgan fingerprint density at radius 1 is 1.50 bits per heavy atom. The lowest BCUT2D eigenvalue weighted by Gasteiger charge is -2.19. The summed E-state index contributed by atoms with van der Waals surface area (Å²) in [5.41, 5.74) is 6.54. The van der Waals surface area contributed by atoms with Crippen molar-refractivity contribution in [1.82, 2.24) is 9.62 Å². The van der Waals surface area contributed by atoms with E-state index in [-0.39, 0.29) is 0 Å². The van der Waals surface area contributed by atoms with Gasteiger partial charge in [0.2, 0.25) is 10.0 Å². The Hall–Kier alpha value is -0.470. The summed E-state index contributed by atoms with van der Waals surface area (Å²) in [5.74, 6) is 0. The quantitative estimate of drug-likeness (QED) is 0.757. The Morgan fingerprint density at radius 2 is 2.20 bits per heavy atom. The zero-order valence-corrected chi connectivity index (χ0v) is 13.7. The molecule has 1 saturated carbocycles. The molecule has 0 amide bonds. The van der Waals surface area contributed by atoms with Gasteiger partial charge in [0, 0.05) is 30.6 Å². The van der Waals surface area contributed by atoms with E-state index in [2.05, 4.69) is 16.5 Å². The summed E-state index contributed by atoms with van der Waals surface area (Å²) in [6.45, 7) is 6.60. The zero-order chi connectivity index (χ0) is 14.8. The fourth-order valence-electron chi connectivity index (χ4n) is 2.26. The molecule has 5 nitrogen and oxygen atoms in total. The smallest absolute Gasteiger partial charge is 0.250 e. The van der Waals surface area contributed by atoms with Crippen molar-refractivity contribution in [2.45, 2.75) is 43.5 Å². The molecule has 1 aliphatic rings. The van der Waals surface area contributed by atoms with Crippen LogP contribution in [0.25, 0.3) is 0 Å². The van der Waals surface area contributed by atoms with Crippen LogP contribution in [0, 0.1) is 6.92 Å². The summed E-state index contributed by atoms with van der Waals surface area (Å²) in [7, 11) is -3.39. The molecule has 1 aromatic rings. The largest absolute Gasteiger partial charge is 0.326 e. The molecule has 114 valence electrons. The van der Waals surface area contributed by atoms with Gasteiger partial charge in [-0.2, -0.15) is 0 Å². The van der Waals surface area contributed by atoms with Crippen molar-refractivity contribution < 1.29 is 8.42 Å². The summed E-state index contributed by atoms with van der Waals surface area (Å²) in [6.07, 6.45) is 2.48. The van der Waals surface area contributed by atoms with Gasteiger partial charge in [-0.3, -0.25) is 4.90 Å². The number of rotatable bonds is 8. The minimum atomic E-state index is -3.39. The predicted octanol–water partition coefficient (Wildman–Crippen LogP) is 1.28. The number of nitrogens with one attached hydrogen (secondary N) is 1. The first-order valence-corrected chi connectivity index (χ1v) is 9.31. The Labute approximate surface area is 125 Å². The highest BCUT2D eigenvalue weighted by Crippen LogP contribution is 2.27. The normalized spacial score (nSPS) is 16.0. The molecule has 0 radical (unpaired) electrons. The Kier molecular flexibility index (Phi) is 5.19.